The van der Waals surface area contributed by atoms with Crippen LogP contribution in [0.15, 0.2) is 0 Å². The van der Waals surface area contributed by atoms with Gasteiger partial charge in [0.1, 0.15) is 0 Å². The Hall–Kier alpha value is -1.34. The van der Waals surface area contributed by atoms with Crippen LogP contribution >= 0.6 is 0 Å². The van der Waals surface area contributed by atoms with Gasteiger partial charge in [0, 0.05) is 4.92 Å². The molecule has 0 spiro atoms. The highest BCUT2D eigenvalue weighted by molar-refractivity contribution is 5.72. The molecule has 0 amide bonds. The highest BCUT2D eigenvalue weighted by atomic mass is 19.4. The Kier molecular flexibility index (Phi) is 2.39. The van der Waals surface area contributed by atoms with Gasteiger partial charge in [0.05, 0.1) is 0 Å². The van der Waals surface area contributed by atoms with Crippen LogP contribution < -0.4 is 0 Å². The van der Waals surface area contributed by atoms with Gasteiger partial charge in [-0.2, -0.15) is 13.2 Å². The molecule has 1 atom stereocenters. The standard InChI is InChI=1S/C3H2F3NO4/c4-3(5,6)1(2(8)9)7(10)11/h1H,(H,8,9). The number of carbonyl (C=O) groups is 1. The van der Waals surface area contributed by atoms with E-state index < -0.39 is 23.1 Å². The zero-order chi connectivity index (χ0) is 9.23. The Morgan fingerprint density at radius 3 is 1.91 bits per heavy atom. The average molecular weight is 173 g/mol. The third kappa shape index (κ3) is 2.40. The van der Waals surface area contributed by atoms with Crippen LogP contribution in [0.1, 0.15) is 0 Å². The first-order valence-corrected chi connectivity index (χ1v) is 2.20. The Morgan fingerprint density at radius 2 is 1.91 bits per heavy atom. The highest BCUT2D eigenvalue weighted by Gasteiger charge is 2.55. The van der Waals surface area contributed by atoms with E-state index in [2.05, 4.69) is 0 Å². The molecular formula is C3H2F3NO4. The maximum Gasteiger partial charge on any atom is 0.469 e. The molecule has 11 heavy (non-hydrogen) atoms. The topological polar surface area (TPSA) is 80.4 Å². The van der Waals surface area contributed by atoms with Crippen LogP contribution in [-0.2, 0) is 4.79 Å². The highest BCUT2D eigenvalue weighted by Crippen LogP contribution is 2.22. The maximum atomic E-state index is 11.4. The van der Waals surface area contributed by atoms with Crippen molar-refractivity contribution >= 4 is 5.97 Å². The van der Waals surface area contributed by atoms with Crippen LogP contribution in [0.4, 0.5) is 13.2 Å². The molecule has 0 fully saturated rings. The number of rotatable bonds is 2. The lowest BCUT2D eigenvalue weighted by atomic mass is 10.3. The molecule has 0 radical (unpaired) electrons. The Morgan fingerprint density at radius 1 is 1.55 bits per heavy atom. The van der Waals surface area contributed by atoms with Gasteiger partial charge >= 0.3 is 18.2 Å². The summed E-state index contributed by atoms with van der Waals surface area (Å²) in [5, 5.41) is 17.2. The summed E-state index contributed by atoms with van der Waals surface area (Å²) in [5.74, 6) is -2.51. The van der Waals surface area contributed by atoms with Crippen molar-refractivity contribution in [3.63, 3.8) is 0 Å². The number of carboxylic acids is 1. The Balaban J connectivity index is 4.63. The van der Waals surface area contributed by atoms with E-state index in [9.17, 15) is 28.1 Å². The van der Waals surface area contributed by atoms with E-state index >= 15 is 0 Å². The van der Waals surface area contributed by atoms with Crippen LogP contribution in [0.25, 0.3) is 0 Å². The molecule has 0 rings (SSSR count). The van der Waals surface area contributed by atoms with Crippen LogP contribution in [0.2, 0.25) is 0 Å². The summed E-state index contributed by atoms with van der Waals surface area (Å²) in [6.07, 6.45) is -5.34. The first-order chi connectivity index (χ1) is 4.76. The first-order valence-electron chi connectivity index (χ1n) is 2.20. The second-order valence-electron chi connectivity index (χ2n) is 1.57. The predicted molar refractivity (Wildman–Crippen MR) is 24.5 cm³/mol. The monoisotopic (exact) mass is 173 g/mol. The lowest BCUT2D eigenvalue weighted by Gasteiger charge is -2.07. The molecule has 5 nitrogen and oxygen atoms in total. The normalized spacial score (nSPS) is 14.1. The molecule has 0 aliphatic heterocycles. The Labute approximate surface area is 57.6 Å². The third-order valence-electron chi connectivity index (χ3n) is 0.755. The molecule has 0 aliphatic rings. The molecule has 0 saturated heterocycles. The molecule has 64 valence electrons. The van der Waals surface area contributed by atoms with E-state index in [4.69, 9.17) is 5.11 Å². The molecule has 0 bridgehead atoms. The van der Waals surface area contributed by atoms with Gasteiger partial charge in [-0.3, -0.25) is 10.1 Å². The van der Waals surface area contributed by atoms with Crippen molar-refractivity contribution in [1.29, 1.82) is 0 Å². The number of aliphatic carboxylic acids is 1. The van der Waals surface area contributed by atoms with Crippen molar-refractivity contribution in [2.24, 2.45) is 0 Å². The molecule has 0 aromatic heterocycles. The smallest absolute Gasteiger partial charge is 0.469 e. The van der Waals surface area contributed by atoms with Crippen molar-refractivity contribution in [1.82, 2.24) is 0 Å². The van der Waals surface area contributed by atoms with Crippen molar-refractivity contribution < 1.29 is 28.0 Å². The fourth-order valence-corrected chi connectivity index (χ4v) is 0.350. The van der Waals surface area contributed by atoms with Gasteiger partial charge in [-0.05, 0) is 0 Å². The third-order valence-corrected chi connectivity index (χ3v) is 0.755. The molecular weight excluding hydrogens is 171 g/mol. The molecule has 0 aromatic rings. The van der Waals surface area contributed by atoms with Crippen LogP contribution in [0.5, 0.6) is 0 Å². The number of hydrogen-bond acceptors (Lipinski definition) is 3. The number of nitrogens with zero attached hydrogens (tertiary/aromatic N) is 1. The molecule has 0 aliphatic carbocycles. The molecule has 1 unspecified atom stereocenters. The van der Waals surface area contributed by atoms with E-state index in [0.717, 1.165) is 0 Å². The summed E-state index contributed by atoms with van der Waals surface area (Å²) >= 11 is 0. The van der Waals surface area contributed by atoms with Crippen LogP contribution in [0.3, 0.4) is 0 Å². The summed E-state index contributed by atoms with van der Waals surface area (Å²) in [4.78, 5) is 17.2. The minimum Gasteiger partial charge on any atom is -0.476 e. The van der Waals surface area contributed by atoms with Gasteiger partial charge in [0.2, 0.25) is 0 Å². The van der Waals surface area contributed by atoms with Gasteiger partial charge in [-0.25, -0.2) is 4.79 Å². The van der Waals surface area contributed by atoms with Gasteiger partial charge in [0.15, 0.2) is 0 Å². The van der Waals surface area contributed by atoms with E-state index in [0.29, 0.717) is 0 Å². The van der Waals surface area contributed by atoms with Crippen molar-refractivity contribution in [3.05, 3.63) is 10.1 Å². The lowest BCUT2D eigenvalue weighted by Crippen LogP contribution is -2.42. The second-order valence-corrected chi connectivity index (χ2v) is 1.57. The summed E-state index contributed by atoms with van der Waals surface area (Å²) < 4.78 is 34.2. The number of carboxylic acid groups (broad SMARTS) is 1. The van der Waals surface area contributed by atoms with E-state index in [1.807, 2.05) is 0 Å². The number of halogens is 3. The molecule has 0 heterocycles. The SMILES string of the molecule is O=C(O)C([N+](=O)[O-])C(F)(F)F. The average Bonchev–Trinajstić information content (AvgIpc) is 1.54. The maximum absolute atomic E-state index is 11.4. The van der Waals surface area contributed by atoms with Crippen LogP contribution in [0, 0.1) is 10.1 Å². The second kappa shape index (κ2) is 2.72. The summed E-state index contributed by atoms with van der Waals surface area (Å²) in [6.45, 7) is 0. The van der Waals surface area contributed by atoms with E-state index in [1.54, 1.807) is 0 Å². The van der Waals surface area contributed by atoms with Crippen LogP contribution in [-0.4, -0.2) is 28.2 Å². The minimum absolute atomic E-state index is 1.90. The number of hydrogen-bond donors (Lipinski definition) is 1. The summed E-state index contributed by atoms with van der Waals surface area (Å²) in [5.41, 5.74) is 0. The molecule has 0 aromatic carbocycles. The minimum atomic E-state index is -5.34. The summed E-state index contributed by atoms with van der Waals surface area (Å²) in [7, 11) is 0. The Bertz CT molecular complexity index is 174. The summed E-state index contributed by atoms with van der Waals surface area (Å²) in [6, 6.07) is -3.53. The fraction of sp³-hybridized carbons (Fsp3) is 0.667. The van der Waals surface area contributed by atoms with Gasteiger partial charge in [-0.1, -0.05) is 0 Å². The molecule has 8 heteroatoms. The van der Waals surface area contributed by atoms with Crippen molar-refractivity contribution in [2.75, 3.05) is 0 Å². The quantitative estimate of drug-likeness (QED) is 0.480. The lowest BCUT2D eigenvalue weighted by molar-refractivity contribution is -0.549. The van der Waals surface area contributed by atoms with Crippen molar-refractivity contribution in [3.8, 4) is 0 Å². The van der Waals surface area contributed by atoms with Crippen molar-refractivity contribution in [2.45, 2.75) is 12.2 Å². The fourth-order valence-electron chi connectivity index (χ4n) is 0.350. The number of nitro groups is 1. The van der Waals surface area contributed by atoms with Gasteiger partial charge < -0.3 is 5.11 Å². The largest absolute Gasteiger partial charge is 0.476 e. The van der Waals surface area contributed by atoms with E-state index in [1.165, 1.54) is 0 Å². The van der Waals surface area contributed by atoms with Gasteiger partial charge in [0.25, 0.3) is 0 Å². The first kappa shape index (κ1) is 9.66. The molecule has 1 N–H and O–H groups in total. The predicted octanol–water partition coefficient (Wildman–Crippen LogP) is 0.279. The zero-order valence-electron chi connectivity index (χ0n) is 4.83. The van der Waals surface area contributed by atoms with Gasteiger partial charge in [-0.15, -0.1) is 0 Å². The molecule has 0 saturated carbocycles. The zero-order valence-corrected chi connectivity index (χ0v) is 4.83. The van der Waals surface area contributed by atoms with E-state index in [-0.39, 0.29) is 0 Å². The number of alkyl halides is 3.